The Hall–Kier alpha value is -0.930. The summed E-state index contributed by atoms with van der Waals surface area (Å²) >= 11 is 3.70. The molecule has 0 unspecified atom stereocenters. The van der Waals surface area contributed by atoms with Crippen LogP contribution >= 0.6 is 12.6 Å². The molecule has 0 aliphatic carbocycles. The zero-order chi connectivity index (χ0) is 6.57. The molecule has 0 spiro atoms. The molecular formula is C5H4N2S. The first-order chi connectivity index (χ1) is 3.72. The molecule has 0 aromatic rings. The minimum Gasteiger partial charge on any atom is -0.193 e. The number of nitrogens with zero attached hydrogens (tertiary/aromatic N) is 2. The van der Waals surface area contributed by atoms with Gasteiger partial charge in [-0.2, -0.15) is 10.5 Å². The summed E-state index contributed by atoms with van der Waals surface area (Å²) in [6, 6.07) is 3.53. The van der Waals surface area contributed by atoms with Crippen LogP contribution in [0.5, 0.6) is 0 Å². The molecule has 0 aromatic carbocycles. The van der Waals surface area contributed by atoms with Crippen molar-refractivity contribution in [2.24, 2.45) is 0 Å². The van der Waals surface area contributed by atoms with Crippen molar-refractivity contribution in [1.29, 1.82) is 10.5 Å². The maximum atomic E-state index is 8.13. The van der Waals surface area contributed by atoms with Crippen molar-refractivity contribution in [3.8, 4) is 12.1 Å². The number of hydrogen-bond donors (Lipinski definition) is 1. The molecule has 0 bridgehead atoms. The lowest BCUT2D eigenvalue weighted by Gasteiger charge is -1.80. The van der Waals surface area contributed by atoms with Gasteiger partial charge < -0.3 is 0 Å². The quantitative estimate of drug-likeness (QED) is 0.390. The SMILES string of the molecule is C/C(C#N)=C(\S)C#N. The highest BCUT2D eigenvalue weighted by molar-refractivity contribution is 7.84. The molecule has 0 amide bonds. The minimum absolute atomic E-state index is 0.188. The molecule has 40 valence electrons. The molecular weight excluding hydrogens is 120 g/mol. The Kier molecular flexibility index (Phi) is 2.76. The van der Waals surface area contributed by atoms with Gasteiger partial charge >= 0.3 is 0 Å². The maximum Gasteiger partial charge on any atom is 0.107 e. The van der Waals surface area contributed by atoms with Gasteiger partial charge in [0.05, 0.1) is 16.5 Å². The van der Waals surface area contributed by atoms with E-state index in [0.717, 1.165) is 0 Å². The smallest absolute Gasteiger partial charge is 0.107 e. The Morgan fingerprint density at radius 1 is 1.38 bits per heavy atom. The molecule has 0 saturated heterocycles. The van der Waals surface area contributed by atoms with E-state index in [0.29, 0.717) is 5.57 Å². The van der Waals surface area contributed by atoms with Crippen LogP contribution in [0.15, 0.2) is 10.5 Å². The van der Waals surface area contributed by atoms with Crippen LogP contribution in [-0.2, 0) is 0 Å². The maximum absolute atomic E-state index is 8.13. The third kappa shape index (κ3) is 1.68. The van der Waals surface area contributed by atoms with E-state index in [1.54, 1.807) is 19.1 Å². The van der Waals surface area contributed by atoms with Gasteiger partial charge in [-0.05, 0) is 6.92 Å². The van der Waals surface area contributed by atoms with Gasteiger partial charge in [0.15, 0.2) is 0 Å². The van der Waals surface area contributed by atoms with Crippen LogP contribution in [0, 0.1) is 22.7 Å². The van der Waals surface area contributed by atoms with Gasteiger partial charge in [-0.15, -0.1) is 12.6 Å². The molecule has 0 radical (unpaired) electrons. The molecule has 0 aliphatic heterocycles. The van der Waals surface area contributed by atoms with E-state index in [2.05, 4.69) is 12.6 Å². The van der Waals surface area contributed by atoms with Crippen LogP contribution in [0.2, 0.25) is 0 Å². The van der Waals surface area contributed by atoms with E-state index < -0.39 is 0 Å². The predicted molar refractivity (Wildman–Crippen MR) is 32.9 cm³/mol. The third-order valence-corrected chi connectivity index (χ3v) is 1.06. The second-order valence-electron chi connectivity index (χ2n) is 1.20. The van der Waals surface area contributed by atoms with Gasteiger partial charge in [0, 0.05) is 0 Å². The topological polar surface area (TPSA) is 47.6 Å². The van der Waals surface area contributed by atoms with E-state index in [-0.39, 0.29) is 4.91 Å². The fourth-order valence-corrected chi connectivity index (χ4v) is 0.187. The monoisotopic (exact) mass is 124 g/mol. The highest BCUT2D eigenvalue weighted by Crippen LogP contribution is 2.03. The Morgan fingerprint density at radius 2 is 1.88 bits per heavy atom. The molecule has 2 nitrogen and oxygen atoms in total. The molecule has 0 saturated carbocycles. The number of rotatable bonds is 0. The van der Waals surface area contributed by atoms with Gasteiger partial charge in [-0.3, -0.25) is 0 Å². The van der Waals surface area contributed by atoms with Crippen molar-refractivity contribution in [3.63, 3.8) is 0 Å². The minimum atomic E-state index is 0.188. The first-order valence-corrected chi connectivity index (χ1v) is 2.37. The van der Waals surface area contributed by atoms with Gasteiger partial charge in [0.2, 0.25) is 0 Å². The van der Waals surface area contributed by atoms with Crippen molar-refractivity contribution >= 4 is 12.6 Å². The van der Waals surface area contributed by atoms with Gasteiger partial charge in [0.25, 0.3) is 0 Å². The number of hydrogen-bond acceptors (Lipinski definition) is 3. The van der Waals surface area contributed by atoms with Gasteiger partial charge in [0.1, 0.15) is 6.07 Å². The highest BCUT2D eigenvalue weighted by Gasteiger charge is 1.90. The van der Waals surface area contributed by atoms with Crippen LogP contribution in [0.25, 0.3) is 0 Å². The average molecular weight is 124 g/mol. The van der Waals surface area contributed by atoms with Crippen LogP contribution in [0.1, 0.15) is 6.92 Å². The third-order valence-electron chi connectivity index (χ3n) is 0.629. The van der Waals surface area contributed by atoms with Crippen LogP contribution in [-0.4, -0.2) is 0 Å². The molecule has 0 heterocycles. The Balaban J connectivity index is 4.41. The molecule has 0 rings (SSSR count). The van der Waals surface area contributed by atoms with E-state index in [4.69, 9.17) is 10.5 Å². The lowest BCUT2D eigenvalue weighted by atomic mass is 10.3. The summed E-state index contributed by atoms with van der Waals surface area (Å²) in [4.78, 5) is 0.188. The summed E-state index contributed by atoms with van der Waals surface area (Å²) < 4.78 is 0. The highest BCUT2D eigenvalue weighted by atomic mass is 32.1. The number of nitriles is 2. The molecule has 0 atom stereocenters. The van der Waals surface area contributed by atoms with E-state index in [9.17, 15) is 0 Å². The van der Waals surface area contributed by atoms with Gasteiger partial charge in [-0.25, -0.2) is 0 Å². The summed E-state index contributed by atoms with van der Waals surface area (Å²) in [5.41, 5.74) is 0.357. The molecule has 3 heteroatoms. The predicted octanol–water partition coefficient (Wildman–Crippen LogP) is 1.24. The average Bonchev–Trinajstić information content (AvgIpc) is 1.84. The summed E-state index contributed by atoms with van der Waals surface area (Å²) in [5.74, 6) is 0. The van der Waals surface area contributed by atoms with E-state index in [1.807, 2.05) is 0 Å². The van der Waals surface area contributed by atoms with E-state index >= 15 is 0 Å². The van der Waals surface area contributed by atoms with Crippen LogP contribution in [0.4, 0.5) is 0 Å². The molecule has 0 fully saturated rings. The summed E-state index contributed by atoms with van der Waals surface area (Å²) in [6.45, 7) is 1.55. The first kappa shape index (κ1) is 7.07. The van der Waals surface area contributed by atoms with Crippen LogP contribution in [0.3, 0.4) is 0 Å². The fraction of sp³-hybridized carbons (Fsp3) is 0.200. The Bertz CT molecular complexity index is 169. The lowest BCUT2D eigenvalue weighted by molar-refractivity contribution is 1.43. The van der Waals surface area contributed by atoms with Gasteiger partial charge in [-0.1, -0.05) is 0 Å². The standard InChI is InChI=1S/C5H4N2S/c1-4(2-6)5(8)3-7/h8H,1H3/b5-4+. The number of allylic oxidation sites excluding steroid dienone is 2. The fourth-order valence-electron chi connectivity index (χ4n) is 0.137. The zero-order valence-electron chi connectivity index (χ0n) is 4.34. The summed E-state index contributed by atoms with van der Waals surface area (Å²) in [6.07, 6.45) is 0. The second-order valence-corrected chi connectivity index (χ2v) is 1.64. The summed E-state index contributed by atoms with van der Waals surface area (Å²) in [7, 11) is 0. The molecule has 8 heavy (non-hydrogen) atoms. The normalized spacial score (nSPS) is 11.0. The Labute approximate surface area is 53.4 Å². The Morgan fingerprint density at radius 3 is 2.00 bits per heavy atom. The second kappa shape index (κ2) is 3.12. The van der Waals surface area contributed by atoms with Crippen molar-refractivity contribution < 1.29 is 0 Å². The van der Waals surface area contributed by atoms with Crippen molar-refractivity contribution in [3.05, 3.63) is 10.5 Å². The van der Waals surface area contributed by atoms with E-state index in [1.165, 1.54) is 0 Å². The first-order valence-electron chi connectivity index (χ1n) is 1.92. The van der Waals surface area contributed by atoms with Crippen molar-refractivity contribution in [1.82, 2.24) is 0 Å². The van der Waals surface area contributed by atoms with Crippen molar-refractivity contribution in [2.75, 3.05) is 0 Å². The lowest BCUT2D eigenvalue weighted by Crippen LogP contribution is -1.70. The zero-order valence-corrected chi connectivity index (χ0v) is 5.24. The summed E-state index contributed by atoms with van der Waals surface area (Å²) in [5, 5.41) is 16.2. The van der Waals surface area contributed by atoms with Crippen molar-refractivity contribution in [2.45, 2.75) is 6.92 Å². The number of thiol groups is 1. The molecule has 0 N–H and O–H groups in total. The molecule has 0 aliphatic rings. The van der Waals surface area contributed by atoms with Crippen LogP contribution < -0.4 is 0 Å². The largest absolute Gasteiger partial charge is 0.193 e. The molecule has 0 aromatic heterocycles.